The summed E-state index contributed by atoms with van der Waals surface area (Å²) < 4.78 is 26.1. The maximum Gasteiger partial charge on any atom is 0.242 e. The van der Waals surface area contributed by atoms with Crippen molar-refractivity contribution in [1.29, 1.82) is 0 Å². The molecule has 0 atom stereocenters. The highest BCUT2D eigenvalue weighted by atomic mass is 35.5. The van der Waals surface area contributed by atoms with Gasteiger partial charge in [0.15, 0.2) is 11.6 Å². The molecular formula is C7H9ClN8O2S. The zero-order chi connectivity index (χ0) is 13.9. The van der Waals surface area contributed by atoms with Crippen LogP contribution in [0.3, 0.4) is 0 Å². The lowest BCUT2D eigenvalue weighted by Crippen LogP contribution is -2.24. The second kappa shape index (κ2) is 5.44. The van der Waals surface area contributed by atoms with E-state index in [0.717, 1.165) is 6.20 Å². The predicted molar refractivity (Wildman–Crippen MR) is 65.3 cm³/mol. The first-order valence-electron chi connectivity index (χ1n) is 4.87. The fourth-order valence-electron chi connectivity index (χ4n) is 1.17. The van der Waals surface area contributed by atoms with Crippen LogP contribution in [0.4, 0.5) is 5.82 Å². The Kier molecular flexibility index (Phi) is 3.90. The highest BCUT2D eigenvalue weighted by Gasteiger charge is 2.17. The fourth-order valence-corrected chi connectivity index (χ4v) is 2.41. The standard InChI is InChI=1S/C7H9ClN8O2S/c8-5-1-4(2-10-7(5)12-9)19(17,18)11-3-6-13-15-16-14-6/h1-2,11H,3,9H2,(H,10,12)(H,13,14,15,16). The Morgan fingerprint density at radius 1 is 1.47 bits per heavy atom. The number of hydrogen-bond acceptors (Lipinski definition) is 8. The molecule has 0 aromatic carbocycles. The summed E-state index contributed by atoms with van der Waals surface area (Å²) in [4.78, 5) is 3.67. The largest absolute Gasteiger partial charge is 0.307 e. The highest BCUT2D eigenvalue weighted by Crippen LogP contribution is 2.21. The number of tetrazole rings is 1. The molecular weight excluding hydrogens is 296 g/mol. The van der Waals surface area contributed by atoms with Gasteiger partial charge in [0.2, 0.25) is 10.0 Å². The van der Waals surface area contributed by atoms with Gasteiger partial charge in [-0.05, 0) is 6.07 Å². The van der Waals surface area contributed by atoms with Crippen molar-refractivity contribution in [3.63, 3.8) is 0 Å². The lowest BCUT2D eigenvalue weighted by Gasteiger charge is -2.07. The Labute approximate surface area is 112 Å². The van der Waals surface area contributed by atoms with Crippen molar-refractivity contribution < 1.29 is 8.42 Å². The highest BCUT2D eigenvalue weighted by molar-refractivity contribution is 7.89. The molecule has 0 bridgehead atoms. The first kappa shape index (κ1) is 13.6. The van der Waals surface area contributed by atoms with E-state index in [2.05, 4.69) is 35.8 Å². The van der Waals surface area contributed by atoms with E-state index < -0.39 is 10.0 Å². The number of nitrogens with one attached hydrogen (secondary N) is 3. The van der Waals surface area contributed by atoms with Gasteiger partial charge in [0, 0.05) is 6.20 Å². The summed E-state index contributed by atoms with van der Waals surface area (Å²) in [5.41, 5.74) is 2.24. The number of rotatable bonds is 5. The monoisotopic (exact) mass is 304 g/mol. The Morgan fingerprint density at radius 3 is 2.84 bits per heavy atom. The molecule has 0 aliphatic rings. The number of sulfonamides is 1. The van der Waals surface area contributed by atoms with Crippen LogP contribution < -0.4 is 16.0 Å². The van der Waals surface area contributed by atoms with Gasteiger partial charge in [0.05, 0.1) is 11.6 Å². The van der Waals surface area contributed by atoms with Gasteiger partial charge in [-0.25, -0.2) is 24.0 Å². The number of hydrazine groups is 1. The Hall–Kier alpha value is -1.82. The molecule has 0 aliphatic carbocycles. The third-order valence-electron chi connectivity index (χ3n) is 2.07. The predicted octanol–water partition coefficient (Wildman–Crippen LogP) is -0.988. The lowest BCUT2D eigenvalue weighted by molar-refractivity contribution is 0.579. The van der Waals surface area contributed by atoms with Gasteiger partial charge in [-0.15, -0.1) is 10.2 Å². The number of aromatic amines is 1. The van der Waals surface area contributed by atoms with Crippen LogP contribution in [0, 0.1) is 0 Å². The molecule has 0 amide bonds. The van der Waals surface area contributed by atoms with Gasteiger partial charge in [-0.1, -0.05) is 16.8 Å². The molecule has 2 heterocycles. The number of nitrogens with zero attached hydrogens (tertiary/aromatic N) is 4. The second-order valence-corrected chi connectivity index (χ2v) is 5.47. The van der Waals surface area contributed by atoms with E-state index >= 15 is 0 Å². The lowest BCUT2D eigenvalue weighted by atomic mass is 10.5. The number of pyridine rings is 1. The second-order valence-electron chi connectivity index (χ2n) is 3.30. The zero-order valence-corrected chi connectivity index (χ0v) is 10.9. The average molecular weight is 305 g/mol. The van der Waals surface area contributed by atoms with Crippen LogP contribution in [-0.2, 0) is 16.6 Å². The molecule has 0 saturated heterocycles. The van der Waals surface area contributed by atoms with Crippen LogP contribution in [0.2, 0.25) is 5.02 Å². The molecule has 10 nitrogen and oxygen atoms in total. The Morgan fingerprint density at radius 2 is 2.26 bits per heavy atom. The SMILES string of the molecule is NNc1ncc(S(=O)(=O)NCc2nn[nH]n2)cc1Cl. The molecule has 0 spiro atoms. The van der Waals surface area contributed by atoms with Crippen LogP contribution in [0.5, 0.6) is 0 Å². The maximum absolute atomic E-state index is 11.9. The molecule has 2 aromatic rings. The third kappa shape index (κ3) is 3.14. The summed E-state index contributed by atoms with van der Waals surface area (Å²) in [5.74, 6) is 5.53. The molecule has 0 radical (unpaired) electrons. The molecule has 19 heavy (non-hydrogen) atoms. The van der Waals surface area contributed by atoms with E-state index in [9.17, 15) is 8.42 Å². The van der Waals surface area contributed by atoms with Crippen molar-refractivity contribution in [3.8, 4) is 0 Å². The van der Waals surface area contributed by atoms with Gasteiger partial charge >= 0.3 is 0 Å². The first-order valence-corrected chi connectivity index (χ1v) is 6.73. The molecule has 102 valence electrons. The van der Waals surface area contributed by atoms with Crippen LogP contribution in [0.1, 0.15) is 5.82 Å². The summed E-state index contributed by atoms with van der Waals surface area (Å²) in [6.07, 6.45) is 1.12. The quantitative estimate of drug-likeness (QED) is 0.406. The molecule has 0 saturated carbocycles. The summed E-state index contributed by atoms with van der Waals surface area (Å²) in [6, 6.07) is 1.22. The maximum atomic E-state index is 11.9. The summed E-state index contributed by atoms with van der Waals surface area (Å²) in [6.45, 7) is -0.104. The minimum absolute atomic E-state index is 0.0879. The zero-order valence-electron chi connectivity index (χ0n) is 9.33. The smallest absolute Gasteiger partial charge is 0.242 e. The van der Waals surface area contributed by atoms with Crippen molar-refractivity contribution in [2.75, 3.05) is 5.43 Å². The van der Waals surface area contributed by atoms with Crippen molar-refractivity contribution in [2.24, 2.45) is 5.84 Å². The number of aromatic nitrogens is 5. The normalized spacial score (nSPS) is 11.5. The van der Waals surface area contributed by atoms with Gasteiger partial charge in [-0.3, -0.25) is 0 Å². The van der Waals surface area contributed by atoms with Gasteiger partial charge in [-0.2, -0.15) is 5.21 Å². The third-order valence-corrected chi connectivity index (χ3v) is 3.73. The van der Waals surface area contributed by atoms with Crippen LogP contribution >= 0.6 is 11.6 Å². The molecule has 5 N–H and O–H groups in total. The average Bonchev–Trinajstić information content (AvgIpc) is 2.89. The van der Waals surface area contributed by atoms with Gasteiger partial charge < -0.3 is 5.43 Å². The van der Waals surface area contributed by atoms with Crippen molar-refractivity contribution in [3.05, 3.63) is 23.1 Å². The van der Waals surface area contributed by atoms with E-state index in [1.165, 1.54) is 6.07 Å². The minimum atomic E-state index is -3.77. The van der Waals surface area contributed by atoms with Gasteiger partial charge in [0.25, 0.3) is 0 Å². The number of nitrogens with two attached hydrogens (primary N) is 1. The Balaban J connectivity index is 2.17. The van der Waals surface area contributed by atoms with Crippen LogP contribution in [0.25, 0.3) is 0 Å². The number of H-pyrrole nitrogens is 1. The number of halogens is 1. The van der Waals surface area contributed by atoms with Crippen LogP contribution in [0.15, 0.2) is 17.2 Å². The topological polar surface area (TPSA) is 152 Å². The minimum Gasteiger partial charge on any atom is -0.307 e. The number of nitrogen functional groups attached to an aromatic ring is 1. The summed E-state index contributed by atoms with van der Waals surface area (Å²) in [7, 11) is -3.77. The van der Waals surface area contributed by atoms with Gasteiger partial charge in [0.1, 0.15) is 4.90 Å². The number of anilines is 1. The van der Waals surface area contributed by atoms with E-state index in [-0.39, 0.29) is 28.1 Å². The van der Waals surface area contributed by atoms with E-state index in [0.29, 0.717) is 0 Å². The number of hydrogen-bond donors (Lipinski definition) is 4. The van der Waals surface area contributed by atoms with E-state index in [4.69, 9.17) is 17.4 Å². The van der Waals surface area contributed by atoms with Crippen LogP contribution in [-0.4, -0.2) is 34.0 Å². The van der Waals surface area contributed by atoms with Crippen molar-refractivity contribution in [1.82, 2.24) is 30.3 Å². The molecule has 0 aliphatic heterocycles. The molecule has 12 heteroatoms. The van der Waals surface area contributed by atoms with E-state index in [1.54, 1.807) is 0 Å². The van der Waals surface area contributed by atoms with E-state index in [1.807, 2.05) is 0 Å². The molecule has 0 unspecified atom stereocenters. The first-order chi connectivity index (χ1) is 9.03. The van der Waals surface area contributed by atoms with Crippen molar-refractivity contribution >= 4 is 27.4 Å². The fraction of sp³-hybridized carbons (Fsp3) is 0.143. The summed E-state index contributed by atoms with van der Waals surface area (Å²) >= 11 is 5.80. The van der Waals surface area contributed by atoms with Crippen molar-refractivity contribution in [2.45, 2.75) is 11.4 Å². The molecule has 2 aromatic heterocycles. The molecule has 2 rings (SSSR count). The Bertz CT molecular complexity index is 658. The summed E-state index contributed by atoms with van der Waals surface area (Å²) in [5, 5.41) is 12.8. The molecule has 0 fully saturated rings.